The van der Waals surface area contributed by atoms with Crippen molar-refractivity contribution in [2.75, 3.05) is 18.0 Å². The summed E-state index contributed by atoms with van der Waals surface area (Å²) in [5.41, 5.74) is 15.1. The number of hydrogen-bond acceptors (Lipinski definition) is 4. The van der Waals surface area contributed by atoms with Gasteiger partial charge in [0.2, 0.25) is 0 Å². The highest BCUT2D eigenvalue weighted by Gasteiger charge is 2.22. The number of phenolic OH excluding ortho intramolecular Hbond substituents is 1. The van der Waals surface area contributed by atoms with Gasteiger partial charge in [-0.2, -0.15) is 0 Å². The molecule has 5 heteroatoms. The summed E-state index contributed by atoms with van der Waals surface area (Å²) >= 11 is 0. The summed E-state index contributed by atoms with van der Waals surface area (Å²) in [5.74, 6) is 0.124. The third-order valence-electron chi connectivity index (χ3n) is 3.71. The van der Waals surface area contributed by atoms with E-state index in [1.807, 2.05) is 6.07 Å². The first-order valence-electron chi connectivity index (χ1n) is 6.79. The van der Waals surface area contributed by atoms with E-state index >= 15 is 0 Å². The zero-order valence-electron chi connectivity index (χ0n) is 11.5. The largest absolute Gasteiger partial charge is 0.508 e. The Labute approximate surface area is 122 Å². The maximum atomic E-state index is 12.6. The summed E-state index contributed by atoms with van der Waals surface area (Å²) < 4.78 is 0. The van der Waals surface area contributed by atoms with Gasteiger partial charge in [-0.05, 0) is 47.9 Å². The van der Waals surface area contributed by atoms with Gasteiger partial charge in [-0.1, -0.05) is 6.07 Å². The Morgan fingerprint density at radius 1 is 1.05 bits per heavy atom. The number of nitrogen functional groups attached to an aromatic ring is 2. The van der Waals surface area contributed by atoms with Crippen molar-refractivity contribution in [1.29, 1.82) is 0 Å². The van der Waals surface area contributed by atoms with Crippen molar-refractivity contribution < 1.29 is 9.90 Å². The molecule has 2 aromatic carbocycles. The minimum absolute atomic E-state index is 0.0945. The Balaban J connectivity index is 1.86. The van der Waals surface area contributed by atoms with E-state index in [2.05, 4.69) is 0 Å². The van der Waals surface area contributed by atoms with E-state index in [0.29, 0.717) is 30.0 Å². The van der Waals surface area contributed by atoms with E-state index in [9.17, 15) is 9.90 Å². The molecule has 0 saturated carbocycles. The van der Waals surface area contributed by atoms with Gasteiger partial charge in [-0.3, -0.25) is 4.79 Å². The van der Waals surface area contributed by atoms with Gasteiger partial charge in [-0.25, -0.2) is 0 Å². The molecule has 3 rings (SSSR count). The molecule has 108 valence electrons. The molecule has 5 N–H and O–H groups in total. The Morgan fingerprint density at radius 2 is 1.76 bits per heavy atom. The molecule has 1 aliphatic rings. The standard InChI is InChI=1S/C16H17N3O2/c17-13-5-11(6-14(18)8-13)16(21)19-4-3-10-1-2-15(20)7-12(10)9-19/h1-2,5-8,20H,3-4,9,17-18H2. The van der Waals surface area contributed by atoms with Gasteiger partial charge in [0.1, 0.15) is 5.75 Å². The monoisotopic (exact) mass is 283 g/mol. The molecule has 21 heavy (non-hydrogen) atoms. The van der Waals surface area contributed by atoms with Crippen LogP contribution in [0.15, 0.2) is 36.4 Å². The first-order valence-corrected chi connectivity index (χ1v) is 6.79. The molecule has 1 heterocycles. The molecule has 0 fully saturated rings. The molecule has 0 radical (unpaired) electrons. The summed E-state index contributed by atoms with van der Waals surface area (Å²) in [4.78, 5) is 14.3. The average molecular weight is 283 g/mol. The number of rotatable bonds is 1. The number of carbonyl (C=O) groups excluding carboxylic acids is 1. The van der Waals surface area contributed by atoms with E-state index in [0.717, 1.165) is 12.0 Å². The van der Waals surface area contributed by atoms with Crippen LogP contribution in [0.4, 0.5) is 11.4 Å². The van der Waals surface area contributed by atoms with E-state index in [1.165, 1.54) is 5.56 Å². The maximum absolute atomic E-state index is 12.6. The number of nitrogens with two attached hydrogens (primary N) is 2. The SMILES string of the molecule is Nc1cc(N)cc(C(=O)N2CCc3ccc(O)cc3C2)c1. The molecule has 0 bridgehead atoms. The molecule has 0 saturated heterocycles. The smallest absolute Gasteiger partial charge is 0.254 e. The highest BCUT2D eigenvalue weighted by molar-refractivity contribution is 5.96. The quantitative estimate of drug-likeness (QED) is 0.695. The number of phenols is 1. The first-order chi connectivity index (χ1) is 10.0. The topological polar surface area (TPSA) is 92.6 Å². The minimum atomic E-state index is -0.0945. The zero-order valence-corrected chi connectivity index (χ0v) is 11.5. The van der Waals surface area contributed by atoms with Crippen molar-refractivity contribution in [3.05, 3.63) is 53.1 Å². The van der Waals surface area contributed by atoms with Crippen molar-refractivity contribution in [3.63, 3.8) is 0 Å². The van der Waals surface area contributed by atoms with Crippen molar-refractivity contribution in [3.8, 4) is 5.75 Å². The number of carbonyl (C=O) groups is 1. The predicted molar refractivity (Wildman–Crippen MR) is 81.8 cm³/mol. The number of amides is 1. The molecule has 5 nitrogen and oxygen atoms in total. The zero-order chi connectivity index (χ0) is 15.0. The van der Waals surface area contributed by atoms with E-state index in [4.69, 9.17) is 11.5 Å². The van der Waals surface area contributed by atoms with Crippen LogP contribution in [-0.2, 0) is 13.0 Å². The van der Waals surface area contributed by atoms with Gasteiger partial charge in [0.05, 0.1) is 0 Å². The Bertz CT molecular complexity index is 692. The number of anilines is 2. The summed E-state index contributed by atoms with van der Waals surface area (Å²) in [5, 5.41) is 9.57. The lowest BCUT2D eigenvalue weighted by molar-refractivity contribution is 0.0734. The summed E-state index contributed by atoms with van der Waals surface area (Å²) in [6.07, 6.45) is 0.777. The molecule has 0 unspecified atom stereocenters. The van der Waals surface area contributed by atoms with Crippen molar-refractivity contribution in [1.82, 2.24) is 4.90 Å². The van der Waals surface area contributed by atoms with Gasteiger partial charge < -0.3 is 21.5 Å². The van der Waals surface area contributed by atoms with Crippen molar-refractivity contribution in [2.24, 2.45) is 0 Å². The molecule has 1 amide bonds. The second-order valence-electron chi connectivity index (χ2n) is 5.32. The molecule has 0 aromatic heterocycles. The van der Waals surface area contributed by atoms with Gasteiger partial charge in [0.25, 0.3) is 5.91 Å². The molecule has 0 aliphatic carbocycles. The van der Waals surface area contributed by atoms with Gasteiger partial charge in [-0.15, -0.1) is 0 Å². The fourth-order valence-corrected chi connectivity index (χ4v) is 2.70. The highest BCUT2D eigenvalue weighted by Crippen LogP contribution is 2.25. The van der Waals surface area contributed by atoms with Gasteiger partial charge in [0.15, 0.2) is 0 Å². The molecule has 0 atom stereocenters. The van der Waals surface area contributed by atoms with Crippen molar-refractivity contribution in [2.45, 2.75) is 13.0 Å². The average Bonchev–Trinajstić information content (AvgIpc) is 2.44. The molecule has 2 aromatic rings. The second kappa shape index (κ2) is 5.01. The summed E-state index contributed by atoms with van der Waals surface area (Å²) in [6, 6.07) is 10.2. The third-order valence-corrected chi connectivity index (χ3v) is 3.71. The number of benzene rings is 2. The van der Waals surface area contributed by atoms with E-state index in [1.54, 1.807) is 35.2 Å². The number of nitrogens with zero attached hydrogens (tertiary/aromatic N) is 1. The van der Waals surface area contributed by atoms with Gasteiger partial charge in [0, 0.05) is 30.0 Å². The van der Waals surface area contributed by atoms with Crippen LogP contribution in [0, 0.1) is 0 Å². The summed E-state index contributed by atoms with van der Waals surface area (Å²) in [7, 11) is 0. The fourth-order valence-electron chi connectivity index (χ4n) is 2.70. The fraction of sp³-hybridized carbons (Fsp3) is 0.188. The van der Waals surface area contributed by atoms with Crippen LogP contribution < -0.4 is 11.5 Å². The highest BCUT2D eigenvalue weighted by atomic mass is 16.3. The molecular weight excluding hydrogens is 266 g/mol. The van der Waals surface area contributed by atoms with Gasteiger partial charge >= 0.3 is 0 Å². The van der Waals surface area contributed by atoms with Crippen LogP contribution in [-0.4, -0.2) is 22.5 Å². The van der Waals surface area contributed by atoms with Crippen molar-refractivity contribution >= 4 is 17.3 Å². The van der Waals surface area contributed by atoms with E-state index < -0.39 is 0 Å². The van der Waals surface area contributed by atoms with Crippen LogP contribution in [0.5, 0.6) is 5.75 Å². The number of fused-ring (bicyclic) bond motifs is 1. The Hall–Kier alpha value is -2.69. The van der Waals surface area contributed by atoms with Crippen LogP contribution in [0.2, 0.25) is 0 Å². The molecular formula is C16H17N3O2. The summed E-state index contributed by atoms with van der Waals surface area (Å²) in [6.45, 7) is 1.13. The van der Waals surface area contributed by atoms with Crippen LogP contribution in [0.25, 0.3) is 0 Å². The third kappa shape index (κ3) is 2.63. The van der Waals surface area contributed by atoms with Crippen LogP contribution in [0.3, 0.4) is 0 Å². The van der Waals surface area contributed by atoms with E-state index in [-0.39, 0.29) is 11.7 Å². The predicted octanol–water partition coefficient (Wildman–Crippen LogP) is 1.76. The second-order valence-corrected chi connectivity index (χ2v) is 5.32. The Kier molecular flexibility index (Phi) is 3.17. The minimum Gasteiger partial charge on any atom is -0.508 e. The molecule has 1 aliphatic heterocycles. The lowest BCUT2D eigenvalue weighted by Gasteiger charge is -2.29. The normalized spacial score (nSPS) is 13.8. The Morgan fingerprint density at radius 3 is 2.48 bits per heavy atom. The first kappa shape index (κ1) is 13.3. The van der Waals surface area contributed by atoms with Crippen LogP contribution >= 0.6 is 0 Å². The number of hydrogen-bond donors (Lipinski definition) is 3. The van der Waals surface area contributed by atoms with Crippen LogP contribution in [0.1, 0.15) is 21.5 Å². The molecule has 0 spiro atoms. The lowest BCUT2D eigenvalue weighted by Crippen LogP contribution is -2.36. The maximum Gasteiger partial charge on any atom is 0.254 e. The number of aromatic hydroxyl groups is 1. The lowest BCUT2D eigenvalue weighted by atomic mass is 9.98.